The van der Waals surface area contributed by atoms with Crippen LogP contribution < -0.4 is 5.32 Å². The van der Waals surface area contributed by atoms with Crippen molar-refractivity contribution in [3.63, 3.8) is 0 Å². The van der Waals surface area contributed by atoms with Crippen LogP contribution in [-0.4, -0.2) is 15.5 Å². The summed E-state index contributed by atoms with van der Waals surface area (Å²) in [6, 6.07) is 5.76. The van der Waals surface area contributed by atoms with Gasteiger partial charge in [0.15, 0.2) is 0 Å². The first-order chi connectivity index (χ1) is 9.60. The lowest BCUT2D eigenvalue weighted by atomic mass is 10.2. The SMILES string of the molecule is CCCn1cc(Br)cc1C(=O)NCc1ccc(C)nc1. The minimum atomic E-state index is -0.0651. The minimum Gasteiger partial charge on any atom is -0.347 e. The van der Waals surface area contributed by atoms with E-state index in [1.165, 1.54) is 0 Å². The fourth-order valence-corrected chi connectivity index (χ4v) is 2.43. The van der Waals surface area contributed by atoms with Gasteiger partial charge in [0.1, 0.15) is 5.69 Å². The third kappa shape index (κ3) is 3.70. The Balaban J connectivity index is 2.03. The molecule has 106 valence electrons. The average molecular weight is 336 g/mol. The average Bonchev–Trinajstić information content (AvgIpc) is 2.79. The molecule has 0 fully saturated rings. The summed E-state index contributed by atoms with van der Waals surface area (Å²) in [5, 5.41) is 2.93. The van der Waals surface area contributed by atoms with Gasteiger partial charge in [-0.05, 0) is 47.0 Å². The van der Waals surface area contributed by atoms with Gasteiger partial charge in [0.05, 0.1) is 0 Å². The number of hydrogen-bond acceptors (Lipinski definition) is 2. The molecule has 0 aliphatic rings. The van der Waals surface area contributed by atoms with E-state index in [1.807, 2.05) is 35.9 Å². The first-order valence-corrected chi connectivity index (χ1v) is 7.45. The molecule has 20 heavy (non-hydrogen) atoms. The van der Waals surface area contributed by atoms with Gasteiger partial charge in [0.25, 0.3) is 5.91 Å². The van der Waals surface area contributed by atoms with Gasteiger partial charge in [0.2, 0.25) is 0 Å². The quantitative estimate of drug-likeness (QED) is 0.911. The van der Waals surface area contributed by atoms with E-state index < -0.39 is 0 Å². The van der Waals surface area contributed by atoms with Gasteiger partial charge in [-0.15, -0.1) is 0 Å². The topological polar surface area (TPSA) is 46.9 Å². The van der Waals surface area contributed by atoms with Crippen LogP contribution in [0.25, 0.3) is 0 Å². The number of nitrogens with zero attached hydrogens (tertiary/aromatic N) is 2. The van der Waals surface area contributed by atoms with Crippen LogP contribution in [0.1, 0.15) is 35.1 Å². The van der Waals surface area contributed by atoms with Crippen molar-refractivity contribution >= 4 is 21.8 Å². The van der Waals surface area contributed by atoms with Crippen molar-refractivity contribution in [2.75, 3.05) is 0 Å². The minimum absolute atomic E-state index is 0.0651. The third-order valence-corrected chi connectivity index (χ3v) is 3.42. The number of nitrogens with one attached hydrogen (secondary N) is 1. The highest BCUT2D eigenvalue weighted by Gasteiger charge is 2.12. The summed E-state index contributed by atoms with van der Waals surface area (Å²) < 4.78 is 2.89. The molecule has 2 rings (SSSR count). The summed E-state index contributed by atoms with van der Waals surface area (Å²) in [7, 11) is 0. The lowest BCUT2D eigenvalue weighted by Crippen LogP contribution is -2.25. The number of aryl methyl sites for hydroxylation is 2. The van der Waals surface area contributed by atoms with Crippen molar-refractivity contribution in [3.8, 4) is 0 Å². The molecule has 0 bridgehead atoms. The Morgan fingerprint density at radius 1 is 1.45 bits per heavy atom. The number of carbonyl (C=O) groups excluding carboxylic acids is 1. The predicted molar refractivity (Wildman–Crippen MR) is 82.6 cm³/mol. The molecule has 0 atom stereocenters. The van der Waals surface area contributed by atoms with E-state index >= 15 is 0 Å². The number of amides is 1. The molecule has 5 heteroatoms. The van der Waals surface area contributed by atoms with Gasteiger partial charge >= 0.3 is 0 Å². The van der Waals surface area contributed by atoms with Crippen molar-refractivity contribution in [2.24, 2.45) is 0 Å². The van der Waals surface area contributed by atoms with Crippen LogP contribution in [0, 0.1) is 6.92 Å². The van der Waals surface area contributed by atoms with Gasteiger partial charge in [0, 0.05) is 35.6 Å². The Morgan fingerprint density at radius 3 is 2.90 bits per heavy atom. The fraction of sp³-hybridized carbons (Fsp3) is 0.333. The molecule has 0 aliphatic carbocycles. The lowest BCUT2D eigenvalue weighted by molar-refractivity contribution is 0.0941. The van der Waals surface area contributed by atoms with E-state index in [9.17, 15) is 4.79 Å². The summed E-state index contributed by atoms with van der Waals surface area (Å²) in [6.45, 7) is 5.35. The van der Waals surface area contributed by atoms with Crippen molar-refractivity contribution < 1.29 is 4.79 Å². The monoisotopic (exact) mass is 335 g/mol. The zero-order valence-corrected chi connectivity index (χ0v) is 13.3. The fourth-order valence-electron chi connectivity index (χ4n) is 1.97. The van der Waals surface area contributed by atoms with Crippen LogP contribution in [0.2, 0.25) is 0 Å². The highest BCUT2D eigenvalue weighted by molar-refractivity contribution is 9.10. The summed E-state index contributed by atoms with van der Waals surface area (Å²) in [4.78, 5) is 16.4. The van der Waals surface area contributed by atoms with Crippen LogP contribution in [0.5, 0.6) is 0 Å². The van der Waals surface area contributed by atoms with Gasteiger partial charge < -0.3 is 9.88 Å². The Morgan fingerprint density at radius 2 is 2.25 bits per heavy atom. The zero-order chi connectivity index (χ0) is 14.5. The highest BCUT2D eigenvalue weighted by atomic mass is 79.9. The molecule has 4 nitrogen and oxygen atoms in total. The van der Waals surface area contributed by atoms with Crippen LogP contribution in [0.3, 0.4) is 0 Å². The molecule has 0 spiro atoms. The second-order valence-electron chi connectivity index (χ2n) is 4.73. The van der Waals surface area contributed by atoms with Crippen LogP contribution >= 0.6 is 15.9 Å². The smallest absolute Gasteiger partial charge is 0.268 e. The largest absolute Gasteiger partial charge is 0.347 e. The van der Waals surface area contributed by atoms with Crippen LogP contribution in [-0.2, 0) is 13.1 Å². The molecule has 0 unspecified atom stereocenters. The molecular weight excluding hydrogens is 318 g/mol. The number of halogens is 1. The van der Waals surface area contributed by atoms with E-state index in [2.05, 4.69) is 33.2 Å². The van der Waals surface area contributed by atoms with Gasteiger partial charge in [-0.1, -0.05) is 13.0 Å². The van der Waals surface area contributed by atoms with Crippen molar-refractivity contribution in [2.45, 2.75) is 33.4 Å². The third-order valence-electron chi connectivity index (χ3n) is 2.99. The second-order valence-corrected chi connectivity index (χ2v) is 5.64. The predicted octanol–water partition coefficient (Wildman–Crippen LogP) is 3.29. The maximum Gasteiger partial charge on any atom is 0.268 e. The lowest BCUT2D eigenvalue weighted by Gasteiger charge is -2.08. The van der Waals surface area contributed by atoms with E-state index in [0.29, 0.717) is 12.2 Å². The number of pyridine rings is 1. The van der Waals surface area contributed by atoms with Gasteiger partial charge in [-0.3, -0.25) is 9.78 Å². The number of carbonyl (C=O) groups is 1. The first kappa shape index (κ1) is 14.8. The summed E-state index contributed by atoms with van der Waals surface area (Å²) in [6.07, 6.45) is 4.71. The molecule has 0 aliphatic heterocycles. The molecule has 2 heterocycles. The Hall–Kier alpha value is -1.62. The Labute approximate surface area is 127 Å². The number of aromatic nitrogens is 2. The van der Waals surface area contributed by atoms with Gasteiger partial charge in [-0.25, -0.2) is 0 Å². The molecule has 0 aromatic carbocycles. The standard InChI is InChI=1S/C15H18BrN3O/c1-3-6-19-10-13(16)7-14(19)15(20)18-9-12-5-4-11(2)17-8-12/h4-5,7-8,10H,3,6,9H2,1-2H3,(H,18,20). The molecule has 1 N–H and O–H groups in total. The van der Waals surface area contributed by atoms with Crippen LogP contribution in [0.4, 0.5) is 0 Å². The number of hydrogen-bond donors (Lipinski definition) is 1. The molecule has 2 aromatic rings. The van der Waals surface area contributed by atoms with E-state index in [-0.39, 0.29) is 5.91 Å². The van der Waals surface area contributed by atoms with Crippen molar-refractivity contribution in [1.82, 2.24) is 14.9 Å². The first-order valence-electron chi connectivity index (χ1n) is 6.65. The molecule has 0 saturated carbocycles. The second kappa shape index (κ2) is 6.70. The van der Waals surface area contributed by atoms with Gasteiger partial charge in [-0.2, -0.15) is 0 Å². The maximum atomic E-state index is 12.2. The normalized spacial score (nSPS) is 10.6. The molecule has 0 saturated heterocycles. The molecular formula is C15H18BrN3O. The van der Waals surface area contributed by atoms with E-state index in [1.54, 1.807) is 6.20 Å². The maximum absolute atomic E-state index is 12.2. The Kier molecular flexibility index (Phi) is 4.95. The van der Waals surface area contributed by atoms with Crippen molar-refractivity contribution in [1.29, 1.82) is 0 Å². The zero-order valence-electron chi connectivity index (χ0n) is 11.7. The molecule has 1 amide bonds. The molecule has 2 aromatic heterocycles. The summed E-state index contributed by atoms with van der Waals surface area (Å²) in [5.74, 6) is -0.0651. The van der Waals surface area contributed by atoms with Crippen LogP contribution in [0.15, 0.2) is 35.1 Å². The highest BCUT2D eigenvalue weighted by Crippen LogP contribution is 2.15. The van der Waals surface area contributed by atoms with E-state index in [0.717, 1.165) is 28.7 Å². The number of rotatable bonds is 5. The van der Waals surface area contributed by atoms with Crippen molar-refractivity contribution in [3.05, 3.63) is 52.0 Å². The Bertz CT molecular complexity index is 590. The summed E-state index contributed by atoms with van der Waals surface area (Å²) >= 11 is 3.41. The molecule has 0 radical (unpaired) electrons. The van der Waals surface area contributed by atoms with E-state index in [4.69, 9.17) is 0 Å². The summed E-state index contributed by atoms with van der Waals surface area (Å²) in [5.41, 5.74) is 2.65.